The maximum absolute atomic E-state index is 12.2. The highest BCUT2D eigenvalue weighted by molar-refractivity contribution is 5.95. The summed E-state index contributed by atoms with van der Waals surface area (Å²) < 4.78 is 2.07. The Morgan fingerprint density at radius 1 is 1.04 bits per heavy atom. The summed E-state index contributed by atoms with van der Waals surface area (Å²) in [6.45, 7) is 4.50. The van der Waals surface area contributed by atoms with Crippen LogP contribution >= 0.6 is 0 Å². The minimum absolute atomic E-state index is 0.0349. The molecule has 0 unspecified atom stereocenters. The van der Waals surface area contributed by atoms with Crippen LogP contribution in [0.4, 0.5) is 0 Å². The zero-order chi connectivity index (χ0) is 16.9. The van der Waals surface area contributed by atoms with Crippen molar-refractivity contribution in [2.24, 2.45) is 0 Å². The van der Waals surface area contributed by atoms with Gasteiger partial charge >= 0.3 is 0 Å². The van der Waals surface area contributed by atoms with E-state index in [4.69, 9.17) is 0 Å². The first-order chi connectivity index (χ1) is 11.6. The molecule has 0 spiro atoms. The maximum Gasteiger partial charge on any atom is 0.251 e. The number of amides is 1. The lowest BCUT2D eigenvalue weighted by atomic mass is 10.1. The summed E-state index contributed by atoms with van der Waals surface area (Å²) in [4.78, 5) is 16.8. The fourth-order valence-corrected chi connectivity index (χ4v) is 2.73. The molecule has 4 heteroatoms. The van der Waals surface area contributed by atoms with Crippen molar-refractivity contribution in [1.82, 2.24) is 14.9 Å². The number of carbonyl (C=O) groups is 1. The molecule has 3 aromatic rings. The number of hydrogen-bond acceptors (Lipinski definition) is 2. The average molecular weight is 319 g/mol. The number of aryl methyl sites for hydroxylation is 2. The number of hydrogen-bond donors (Lipinski definition) is 1. The van der Waals surface area contributed by atoms with Crippen LogP contribution in [0, 0.1) is 13.8 Å². The van der Waals surface area contributed by atoms with Gasteiger partial charge in [-0.3, -0.25) is 4.79 Å². The summed E-state index contributed by atoms with van der Waals surface area (Å²) in [5.41, 5.74) is 3.78. The van der Waals surface area contributed by atoms with Crippen LogP contribution < -0.4 is 5.32 Å². The van der Waals surface area contributed by atoms with E-state index >= 15 is 0 Å². The first kappa shape index (κ1) is 16.0. The molecule has 4 nitrogen and oxygen atoms in total. The van der Waals surface area contributed by atoms with Gasteiger partial charge in [-0.25, -0.2) is 4.98 Å². The van der Waals surface area contributed by atoms with Crippen molar-refractivity contribution in [1.29, 1.82) is 0 Å². The minimum Gasteiger partial charge on any atom is -0.352 e. The third-order valence-corrected chi connectivity index (χ3v) is 4.02. The van der Waals surface area contributed by atoms with Gasteiger partial charge in [-0.1, -0.05) is 36.4 Å². The van der Waals surface area contributed by atoms with Crippen LogP contribution in [0.3, 0.4) is 0 Å². The molecule has 0 aliphatic heterocycles. The Balaban J connectivity index is 1.62. The summed E-state index contributed by atoms with van der Waals surface area (Å²) >= 11 is 0. The highest BCUT2D eigenvalue weighted by atomic mass is 16.1. The van der Waals surface area contributed by atoms with E-state index in [0.717, 1.165) is 28.3 Å². The van der Waals surface area contributed by atoms with Crippen molar-refractivity contribution in [2.45, 2.75) is 20.3 Å². The fourth-order valence-electron chi connectivity index (χ4n) is 2.73. The third kappa shape index (κ3) is 3.54. The number of carbonyl (C=O) groups excluding carboxylic acids is 1. The molecule has 1 amide bonds. The Labute approximate surface area is 142 Å². The molecular formula is C20H21N3O. The van der Waals surface area contributed by atoms with Gasteiger partial charge in [0.1, 0.15) is 5.82 Å². The second-order valence-electron chi connectivity index (χ2n) is 5.81. The summed E-state index contributed by atoms with van der Waals surface area (Å²) in [5.74, 6) is 0.911. The van der Waals surface area contributed by atoms with E-state index < -0.39 is 0 Å². The predicted octanol–water partition coefficient (Wildman–Crippen LogP) is 3.46. The number of rotatable bonds is 5. The predicted molar refractivity (Wildman–Crippen MR) is 95.5 cm³/mol. The van der Waals surface area contributed by atoms with Gasteiger partial charge in [-0.2, -0.15) is 0 Å². The zero-order valence-electron chi connectivity index (χ0n) is 14.0. The molecule has 0 aliphatic rings. The van der Waals surface area contributed by atoms with Crippen molar-refractivity contribution in [3.8, 4) is 5.69 Å². The Kier molecular flexibility index (Phi) is 4.75. The van der Waals surface area contributed by atoms with E-state index in [1.165, 1.54) is 0 Å². The molecular weight excluding hydrogens is 298 g/mol. The van der Waals surface area contributed by atoms with Gasteiger partial charge in [0.05, 0.1) is 5.69 Å². The Hall–Kier alpha value is -2.88. The molecule has 0 bridgehead atoms. The summed E-state index contributed by atoms with van der Waals surface area (Å²) in [7, 11) is 0. The summed E-state index contributed by atoms with van der Waals surface area (Å²) in [6.07, 6.45) is 2.74. The largest absolute Gasteiger partial charge is 0.352 e. The molecule has 0 saturated heterocycles. The van der Waals surface area contributed by atoms with Crippen LogP contribution in [0.2, 0.25) is 0 Å². The highest BCUT2D eigenvalue weighted by Crippen LogP contribution is 2.12. The molecule has 0 saturated carbocycles. The molecule has 0 aliphatic carbocycles. The number of nitrogens with one attached hydrogen (secondary N) is 1. The van der Waals surface area contributed by atoms with Gasteiger partial charge in [0.15, 0.2) is 0 Å². The normalized spacial score (nSPS) is 10.6. The van der Waals surface area contributed by atoms with Crippen molar-refractivity contribution in [2.75, 3.05) is 6.54 Å². The lowest BCUT2D eigenvalue weighted by Gasteiger charge is -2.06. The van der Waals surface area contributed by atoms with Crippen LogP contribution in [-0.4, -0.2) is 22.0 Å². The van der Waals surface area contributed by atoms with Crippen LogP contribution in [0.5, 0.6) is 0 Å². The first-order valence-electron chi connectivity index (χ1n) is 8.09. The summed E-state index contributed by atoms with van der Waals surface area (Å²) in [6, 6.07) is 17.7. The van der Waals surface area contributed by atoms with Gasteiger partial charge in [0.25, 0.3) is 5.91 Å². The van der Waals surface area contributed by atoms with Gasteiger partial charge < -0.3 is 9.88 Å². The number of nitrogens with zero attached hydrogens (tertiary/aromatic N) is 2. The molecule has 1 N–H and O–H groups in total. The molecule has 0 radical (unpaired) electrons. The number of para-hydroxylation sites is 1. The number of imidazole rings is 1. The number of benzene rings is 2. The lowest BCUT2D eigenvalue weighted by molar-refractivity contribution is 0.0953. The zero-order valence-corrected chi connectivity index (χ0v) is 14.0. The quantitative estimate of drug-likeness (QED) is 0.783. The SMILES string of the molecule is Cc1ccccc1C(=O)NCCc1cn(-c2ccccc2)c(C)n1. The standard InChI is InChI=1S/C20H21N3O/c1-15-8-6-7-11-19(15)20(24)21-13-12-17-14-23(16(2)22-17)18-9-4-3-5-10-18/h3-11,14H,12-13H2,1-2H3,(H,21,24). The number of aromatic nitrogens is 2. The van der Waals surface area contributed by atoms with Crippen molar-refractivity contribution >= 4 is 5.91 Å². The molecule has 0 fully saturated rings. The van der Waals surface area contributed by atoms with Gasteiger partial charge in [-0.05, 0) is 37.6 Å². The molecule has 1 heterocycles. The van der Waals surface area contributed by atoms with Crippen LogP contribution in [0.25, 0.3) is 5.69 Å². The highest BCUT2D eigenvalue weighted by Gasteiger charge is 2.09. The minimum atomic E-state index is -0.0349. The van der Waals surface area contributed by atoms with Crippen molar-refractivity contribution in [3.63, 3.8) is 0 Å². The lowest BCUT2D eigenvalue weighted by Crippen LogP contribution is -2.26. The topological polar surface area (TPSA) is 46.9 Å². The summed E-state index contributed by atoms with van der Waals surface area (Å²) in [5, 5.41) is 2.97. The molecule has 2 aromatic carbocycles. The third-order valence-electron chi connectivity index (χ3n) is 4.02. The van der Waals surface area contributed by atoms with E-state index in [1.807, 2.05) is 62.5 Å². The van der Waals surface area contributed by atoms with Gasteiger partial charge in [0.2, 0.25) is 0 Å². The molecule has 24 heavy (non-hydrogen) atoms. The molecule has 1 aromatic heterocycles. The fraction of sp³-hybridized carbons (Fsp3) is 0.200. The first-order valence-corrected chi connectivity index (χ1v) is 8.09. The molecule has 122 valence electrons. The van der Waals surface area contributed by atoms with Crippen molar-refractivity contribution < 1.29 is 4.79 Å². The maximum atomic E-state index is 12.2. The smallest absolute Gasteiger partial charge is 0.251 e. The molecule has 0 atom stereocenters. The van der Waals surface area contributed by atoms with Crippen LogP contribution in [0.15, 0.2) is 60.8 Å². The Morgan fingerprint density at radius 2 is 1.75 bits per heavy atom. The van der Waals surface area contributed by atoms with E-state index in [0.29, 0.717) is 13.0 Å². The van der Waals surface area contributed by atoms with Crippen molar-refractivity contribution in [3.05, 3.63) is 83.4 Å². The monoisotopic (exact) mass is 319 g/mol. The van der Waals surface area contributed by atoms with Gasteiger partial charge in [-0.15, -0.1) is 0 Å². The Morgan fingerprint density at radius 3 is 2.50 bits per heavy atom. The Bertz CT molecular complexity index is 837. The average Bonchev–Trinajstić information content (AvgIpc) is 2.96. The second-order valence-corrected chi connectivity index (χ2v) is 5.81. The molecule has 3 rings (SSSR count). The van der Waals surface area contributed by atoms with Gasteiger partial charge in [0, 0.05) is 30.4 Å². The second kappa shape index (κ2) is 7.13. The van der Waals surface area contributed by atoms with Crippen LogP contribution in [-0.2, 0) is 6.42 Å². The van der Waals surface area contributed by atoms with E-state index in [-0.39, 0.29) is 5.91 Å². The van der Waals surface area contributed by atoms with E-state index in [2.05, 4.69) is 27.0 Å². The van der Waals surface area contributed by atoms with Crippen LogP contribution in [0.1, 0.15) is 27.4 Å². The van der Waals surface area contributed by atoms with E-state index in [1.54, 1.807) is 0 Å². The van der Waals surface area contributed by atoms with E-state index in [9.17, 15) is 4.79 Å².